The number of benzene rings is 4. The van der Waals surface area contributed by atoms with Crippen molar-refractivity contribution in [3.8, 4) is 39.9 Å². The molecule has 0 aliphatic carbocycles. The number of methoxy groups -OCH3 is 2. The van der Waals surface area contributed by atoms with Crippen LogP contribution in [0.5, 0.6) is 28.7 Å². The highest BCUT2D eigenvalue weighted by Gasteiger charge is 2.19. The summed E-state index contributed by atoms with van der Waals surface area (Å²) in [5.41, 5.74) is 2.88. The molecule has 5 nitrogen and oxygen atoms in total. The molecule has 4 aromatic carbocycles. The van der Waals surface area contributed by atoms with Gasteiger partial charge in [-0.15, -0.1) is 11.3 Å². The Kier molecular flexibility index (Phi) is 7.36. The second-order valence-corrected chi connectivity index (χ2v) is 8.96. The van der Waals surface area contributed by atoms with Crippen LogP contribution >= 0.6 is 11.3 Å². The van der Waals surface area contributed by atoms with E-state index in [1.165, 1.54) is 0 Å². The number of hydrogen-bond donors (Lipinski definition) is 0. The minimum atomic E-state index is 0.190. The molecular weight excluding hydrogens is 472 g/mol. The standard InChI is InChI=1S/C30H26O5S/c1-31-20-34-23-14-12-22(13-15-23)26-16-24(33-18-21-8-4-3-5-9-21)17-27(32-2)30(26)35-28-19-36-29-11-7-6-10-25(28)29/h3-17,19H,18,20H2,1-2H3. The average Bonchev–Trinajstić information content (AvgIpc) is 3.35. The van der Waals surface area contributed by atoms with Crippen molar-refractivity contribution in [1.82, 2.24) is 0 Å². The topological polar surface area (TPSA) is 46.2 Å². The molecule has 0 radical (unpaired) electrons. The fourth-order valence-corrected chi connectivity index (χ4v) is 4.73. The number of fused-ring (bicyclic) bond motifs is 1. The fourth-order valence-electron chi connectivity index (χ4n) is 3.87. The molecule has 0 unspecified atom stereocenters. The highest BCUT2D eigenvalue weighted by molar-refractivity contribution is 7.17. The van der Waals surface area contributed by atoms with Crippen molar-refractivity contribution in [2.75, 3.05) is 21.0 Å². The lowest BCUT2D eigenvalue weighted by Gasteiger charge is -2.18. The van der Waals surface area contributed by atoms with Gasteiger partial charge in [-0.2, -0.15) is 0 Å². The zero-order valence-electron chi connectivity index (χ0n) is 20.1. The van der Waals surface area contributed by atoms with Gasteiger partial charge < -0.3 is 23.7 Å². The van der Waals surface area contributed by atoms with E-state index in [0.29, 0.717) is 23.9 Å². The lowest BCUT2D eigenvalue weighted by molar-refractivity contribution is 0.0511. The summed E-state index contributed by atoms with van der Waals surface area (Å²) in [7, 11) is 3.24. The predicted molar refractivity (Wildman–Crippen MR) is 144 cm³/mol. The van der Waals surface area contributed by atoms with Crippen molar-refractivity contribution in [2.45, 2.75) is 6.61 Å². The zero-order chi connectivity index (χ0) is 24.7. The van der Waals surface area contributed by atoms with Crippen LogP contribution in [0.25, 0.3) is 21.2 Å². The normalized spacial score (nSPS) is 10.8. The third-order valence-electron chi connectivity index (χ3n) is 5.66. The lowest BCUT2D eigenvalue weighted by Crippen LogP contribution is -1.99. The van der Waals surface area contributed by atoms with E-state index in [9.17, 15) is 0 Å². The molecule has 5 rings (SSSR count). The second-order valence-electron chi connectivity index (χ2n) is 8.05. The zero-order valence-corrected chi connectivity index (χ0v) is 20.9. The molecule has 0 saturated heterocycles. The van der Waals surface area contributed by atoms with E-state index in [1.54, 1.807) is 25.6 Å². The predicted octanol–water partition coefficient (Wildman–Crippen LogP) is 7.93. The average molecular weight is 499 g/mol. The summed E-state index contributed by atoms with van der Waals surface area (Å²) in [6.45, 7) is 0.637. The van der Waals surface area contributed by atoms with Gasteiger partial charge >= 0.3 is 0 Å². The summed E-state index contributed by atoms with van der Waals surface area (Å²) in [5, 5.41) is 3.08. The fraction of sp³-hybridized carbons (Fsp3) is 0.133. The van der Waals surface area contributed by atoms with Crippen LogP contribution in [0.4, 0.5) is 0 Å². The highest BCUT2D eigenvalue weighted by atomic mass is 32.1. The molecule has 6 heteroatoms. The summed E-state index contributed by atoms with van der Waals surface area (Å²) in [6.07, 6.45) is 0. The molecule has 36 heavy (non-hydrogen) atoms. The molecule has 0 fully saturated rings. The van der Waals surface area contributed by atoms with Crippen molar-refractivity contribution in [3.05, 3.63) is 102 Å². The minimum Gasteiger partial charge on any atom is -0.493 e. The molecule has 0 amide bonds. The Morgan fingerprint density at radius 1 is 0.722 bits per heavy atom. The summed E-state index contributed by atoms with van der Waals surface area (Å²) in [6, 6.07) is 29.9. The van der Waals surface area contributed by atoms with Crippen molar-refractivity contribution in [1.29, 1.82) is 0 Å². The molecule has 0 saturated carbocycles. The molecule has 1 aromatic heterocycles. The lowest BCUT2D eigenvalue weighted by atomic mass is 10.0. The second kappa shape index (κ2) is 11.2. The van der Waals surface area contributed by atoms with Crippen LogP contribution in [-0.4, -0.2) is 21.0 Å². The number of rotatable bonds is 10. The van der Waals surface area contributed by atoms with Crippen LogP contribution < -0.4 is 18.9 Å². The molecule has 182 valence electrons. The maximum atomic E-state index is 6.53. The molecule has 5 aromatic rings. The van der Waals surface area contributed by atoms with E-state index < -0.39 is 0 Å². The Morgan fingerprint density at radius 2 is 1.50 bits per heavy atom. The van der Waals surface area contributed by atoms with Crippen molar-refractivity contribution in [3.63, 3.8) is 0 Å². The first-order valence-corrected chi connectivity index (χ1v) is 12.4. The van der Waals surface area contributed by atoms with Gasteiger partial charge in [-0.1, -0.05) is 54.6 Å². The first kappa shape index (κ1) is 23.7. The number of ether oxygens (including phenoxy) is 5. The third-order valence-corrected chi connectivity index (χ3v) is 6.60. The summed E-state index contributed by atoms with van der Waals surface area (Å²) in [5.74, 6) is 3.40. The maximum Gasteiger partial charge on any atom is 0.188 e. The molecule has 0 aliphatic rings. The maximum absolute atomic E-state index is 6.53. The van der Waals surface area contributed by atoms with Gasteiger partial charge in [0.1, 0.15) is 23.9 Å². The van der Waals surface area contributed by atoms with Gasteiger partial charge in [-0.3, -0.25) is 0 Å². The van der Waals surface area contributed by atoms with E-state index in [2.05, 4.69) is 12.1 Å². The Bertz CT molecular complexity index is 1430. The quantitative estimate of drug-likeness (QED) is 0.183. The van der Waals surface area contributed by atoms with Crippen molar-refractivity contribution >= 4 is 21.4 Å². The Balaban J connectivity index is 1.54. The Labute approximate surface area is 214 Å². The molecule has 0 spiro atoms. The van der Waals surface area contributed by atoms with Gasteiger partial charge in [-0.05, 0) is 41.5 Å². The van der Waals surface area contributed by atoms with E-state index in [4.69, 9.17) is 23.7 Å². The molecule has 0 bridgehead atoms. The number of hydrogen-bond acceptors (Lipinski definition) is 6. The van der Waals surface area contributed by atoms with E-state index in [0.717, 1.165) is 38.3 Å². The molecular formula is C30H26O5S. The SMILES string of the molecule is COCOc1ccc(-c2cc(OCc3ccccc3)cc(OC)c2Oc2csc3ccccc23)cc1. The first-order chi connectivity index (χ1) is 17.7. The largest absolute Gasteiger partial charge is 0.493 e. The van der Waals surface area contributed by atoms with Crippen LogP contribution in [-0.2, 0) is 11.3 Å². The molecule has 0 atom stereocenters. The summed E-state index contributed by atoms with van der Waals surface area (Å²) < 4.78 is 30.2. The Morgan fingerprint density at radius 3 is 2.28 bits per heavy atom. The first-order valence-electron chi connectivity index (χ1n) is 11.5. The van der Waals surface area contributed by atoms with E-state index in [1.807, 2.05) is 84.2 Å². The van der Waals surface area contributed by atoms with Gasteiger partial charge in [0.25, 0.3) is 0 Å². The monoisotopic (exact) mass is 498 g/mol. The van der Waals surface area contributed by atoms with Crippen molar-refractivity contribution < 1.29 is 23.7 Å². The van der Waals surface area contributed by atoms with Crippen LogP contribution in [0.1, 0.15) is 5.56 Å². The summed E-state index contributed by atoms with van der Waals surface area (Å²) >= 11 is 1.65. The van der Waals surface area contributed by atoms with Crippen molar-refractivity contribution in [2.24, 2.45) is 0 Å². The minimum absolute atomic E-state index is 0.190. The van der Waals surface area contributed by atoms with Gasteiger partial charge in [0.05, 0.1) is 7.11 Å². The van der Waals surface area contributed by atoms with E-state index in [-0.39, 0.29) is 6.79 Å². The van der Waals surface area contributed by atoms with Crippen LogP contribution in [0, 0.1) is 0 Å². The van der Waals surface area contributed by atoms with Crippen LogP contribution in [0.15, 0.2) is 96.4 Å². The smallest absolute Gasteiger partial charge is 0.188 e. The van der Waals surface area contributed by atoms with Gasteiger partial charge in [0, 0.05) is 34.2 Å². The molecule has 1 heterocycles. The van der Waals surface area contributed by atoms with E-state index >= 15 is 0 Å². The summed E-state index contributed by atoms with van der Waals surface area (Å²) in [4.78, 5) is 0. The van der Waals surface area contributed by atoms with Crippen LogP contribution in [0.3, 0.4) is 0 Å². The third kappa shape index (κ3) is 5.30. The van der Waals surface area contributed by atoms with Gasteiger partial charge in [-0.25, -0.2) is 0 Å². The highest BCUT2D eigenvalue weighted by Crippen LogP contribution is 2.46. The molecule has 0 N–H and O–H groups in total. The van der Waals surface area contributed by atoms with Gasteiger partial charge in [0.15, 0.2) is 18.3 Å². The number of thiophene rings is 1. The van der Waals surface area contributed by atoms with Crippen LogP contribution in [0.2, 0.25) is 0 Å². The molecule has 0 aliphatic heterocycles. The Hall–Kier alpha value is -4.00. The van der Waals surface area contributed by atoms with Gasteiger partial charge in [0.2, 0.25) is 0 Å².